The van der Waals surface area contributed by atoms with Gasteiger partial charge in [0.1, 0.15) is 47.9 Å². The zero-order valence-electron chi connectivity index (χ0n) is 30.3. The van der Waals surface area contributed by atoms with E-state index in [1.807, 2.05) is 55.5 Å². The predicted octanol–water partition coefficient (Wildman–Crippen LogP) is 9.28. The summed E-state index contributed by atoms with van der Waals surface area (Å²) in [5, 5.41) is 11.0. The van der Waals surface area contributed by atoms with Gasteiger partial charge in [-0.25, -0.2) is 0 Å². The first-order valence-corrected chi connectivity index (χ1v) is 17.7. The maximum absolute atomic E-state index is 11.0. The third-order valence-electron chi connectivity index (χ3n) is 9.84. The molecule has 0 aromatic heterocycles. The molecule has 1 fully saturated rings. The lowest BCUT2D eigenvalue weighted by atomic mass is 9.78. The van der Waals surface area contributed by atoms with Crippen LogP contribution in [0.1, 0.15) is 90.0 Å². The van der Waals surface area contributed by atoms with Crippen LogP contribution in [0.2, 0.25) is 0 Å². The van der Waals surface area contributed by atoms with Crippen LogP contribution in [0.5, 0.6) is 23.0 Å². The van der Waals surface area contributed by atoms with Gasteiger partial charge in [0, 0.05) is 17.3 Å². The van der Waals surface area contributed by atoms with Crippen molar-refractivity contribution in [1.82, 2.24) is 0 Å². The van der Waals surface area contributed by atoms with E-state index in [4.69, 9.17) is 23.7 Å². The van der Waals surface area contributed by atoms with Gasteiger partial charge in [-0.2, -0.15) is 0 Å². The molecule has 0 amide bonds. The average Bonchev–Trinajstić information content (AvgIpc) is 3.94. The number of epoxide rings is 1. The van der Waals surface area contributed by atoms with Crippen molar-refractivity contribution in [2.75, 3.05) is 26.4 Å². The molecule has 0 aliphatic carbocycles. The molecule has 3 atom stereocenters. The lowest BCUT2D eigenvalue weighted by Crippen LogP contribution is -2.37. The zero-order valence-corrected chi connectivity index (χ0v) is 30.3. The summed E-state index contributed by atoms with van der Waals surface area (Å²) in [7, 11) is 0. The SMILES string of the molecule is CCCOc1ccc(C(C)(C)c2ccc(OCC(O)CC(C)(CC)Oc3ccc(C(C)(C)c4ccc(OCC5CO5)cc4)cc3)cc2)cc1. The molecule has 1 aliphatic heterocycles. The van der Waals surface area contributed by atoms with Crippen LogP contribution in [0, 0.1) is 0 Å². The monoisotopic (exact) mass is 666 g/mol. The molecule has 1 aliphatic rings. The Morgan fingerprint density at radius 1 is 0.633 bits per heavy atom. The summed E-state index contributed by atoms with van der Waals surface area (Å²) in [6, 6.07) is 33.1. The van der Waals surface area contributed by atoms with Gasteiger partial charge in [-0.3, -0.25) is 0 Å². The molecular weight excluding hydrogens is 612 g/mol. The fourth-order valence-corrected chi connectivity index (χ4v) is 6.04. The number of aliphatic hydroxyl groups excluding tert-OH is 1. The number of hydrogen-bond acceptors (Lipinski definition) is 6. The van der Waals surface area contributed by atoms with Crippen molar-refractivity contribution in [3.05, 3.63) is 119 Å². The normalized spacial score (nSPS) is 16.4. The van der Waals surface area contributed by atoms with Gasteiger partial charge in [0.25, 0.3) is 0 Å². The quantitative estimate of drug-likeness (QED) is 0.107. The van der Waals surface area contributed by atoms with Gasteiger partial charge in [0.15, 0.2) is 0 Å². The van der Waals surface area contributed by atoms with E-state index in [9.17, 15) is 5.11 Å². The molecule has 1 saturated heterocycles. The Labute approximate surface area is 293 Å². The van der Waals surface area contributed by atoms with E-state index in [0.29, 0.717) is 13.0 Å². The molecule has 4 aromatic rings. The summed E-state index contributed by atoms with van der Waals surface area (Å²) in [4.78, 5) is 0. The van der Waals surface area contributed by atoms with E-state index in [0.717, 1.165) is 49.1 Å². The summed E-state index contributed by atoms with van der Waals surface area (Å²) in [5.74, 6) is 3.27. The average molecular weight is 667 g/mol. The molecular formula is C43H54O6. The van der Waals surface area contributed by atoms with Crippen molar-refractivity contribution in [3.8, 4) is 23.0 Å². The largest absolute Gasteiger partial charge is 0.494 e. The molecule has 0 saturated carbocycles. The second kappa shape index (κ2) is 15.7. The van der Waals surface area contributed by atoms with Crippen LogP contribution in [0.3, 0.4) is 0 Å². The molecule has 3 unspecified atom stereocenters. The van der Waals surface area contributed by atoms with Gasteiger partial charge >= 0.3 is 0 Å². The van der Waals surface area contributed by atoms with Crippen LogP contribution >= 0.6 is 0 Å². The highest BCUT2D eigenvalue weighted by molar-refractivity contribution is 5.43. The van der Waals surface area contributed by atoms with E-state index < -0.39 is 11.7 Å². The van der Waals surface area contributed by atoms with Gasteiger partial charge in [-0.15, -0.1) is 0 Å². The van der Waals surface area contributed by atoms with Crippen molar-refractivity contribution in [3.63, 3.8) is 0 Å². The van der Waals surface area contributed by atoms with Gasteiger partial charge in [-0.1, -0.05) is 90.1 Å². The Kier molecular flexibility index (Phi) is 11.6. The van der Waals surface area contributed by atoms with Crippen molar-refractivity contribution in [1.29, 1.82) is 0 Å². The van der Waals surface area contributed by atoms with E-state index in [1.54, 1.807) is 0 Å². The summed E-state index contributed by atoms with van der Waals surface area (Å²) in [6.45, 7) is 17.4. The lowest BCUT2D eigenvalue weighted by molar-refractivity contribution is 0.00433. The lowest BCUT2D eigenvalue weighted by Gasteiger charge is -2.32. The molecule has 5 rings (SSSR count). The highest BCUT2D eigenvalue weighted by atomic mass is 16.6. The maximum atomic E-state index is 11.0. The summed E-state index contributed by atoms with van der Waals surface area (Å²) >= 11 is 0. The Balaban J connectivity index is 1.12. The first-order valence-electron chi connectivity index (χ1n) is 17.7. The first kappa shape index (κ1) is 36.3. The molecule has 1 N–H and O–H groups in total. The maximum Gasteiger partial charge on any atom is 0.120 e. The van der Waals surface area contributed by atoms with Crippen molar-refractivity contribution in [2.45, 2.75) is 96.4 Å². The van der Waals surface area contributed by atoms with E-state index in [1.165, 1.54) is 22.3 Å². The van der Waals surface area contributed by atoms with Crippen LogP contribution in [0.25, 0.3) is 0 Å². The molecule has 0 radical (unpaired) electrons. The molecule has 0 spiro atoms. The summed E-state index contributed by atoms with van der Waals surface area (Å²) < 4.78 is 29.3. The molecule has 6 nitrogen and oxygen atoms in total. The van der Waals surface area contributed by atoms with Gasteiger partial charge < -0.3 is 28.8 Å². The molecule has 49 heavy (non-hydrogen) atoms. The second-order valence-electron chi connectivity index (χ2n) is 14.5. The number of ether oxygens (including phenoxy) is 5. The Morgan fingerprint density at radius 3 is 1.45 bits per heavy atom. The number of aliphatic hydroxyl groups is 1. The fraction of sp³-hybridized carbons (Fsp3) is 0.442. The summed E-state index contributed by atoms with van der Waals surface area (Å²) in [6.07, 6.45) is 1.74. The van der Waals surface area contributed by atoms with E-state index in [-0.39, 0.29) is 23.5 Å². The number of rotatable bonds is 18. The van der Waals surface area contributed by atoms with Gasteiger partial charge in [0.05, 0.1) is 19.3 Å². The number of hydrogen-bond donors (Lipinski definition) is 1. The van der Waals surface area contributed by atoms with Crippen LogP contribution in [-0.2, 0) is 15.6 Å². The minimum atomic E-state index is -0.684. The minimum absolute atomic E-state index is 0.179. The Morgan fingerprint density at radius 2 is 1.04 bits per heavy atom. The standard InChI is InChI=1S/C43H54O6/c1-8-26-45-36-18-10-31(11-19-36)41(3,4)32-12-20-37(21-13-32)46-28-35(44)27-43(7,9-2)49-39-24-16-34(17-25-39)42(5,6)33-14-22-38(23-15-33)47-29-40-30-48-40/h10-25,35,40,44H,8-9,26-30H2,1-7H3. The molecule has 0 bridgehead atoms. The van der Waals surface area contributed by atoms with E-state index in [2.05, 4.69) is 90.1 Å². The number of benzene rings is 4. The van der Waals surface area contributed by atoms with Crippen molar-refractivity contribution < 1.29 is 28.8 Å². The molecule has 1 heterocycles. The molecule has 262 valence electrons. The smallest absolute Gasteiger partial charge is 0.120 e. The van der Waals surface area contributed by atoms with E-state index >= 15 is 0 Å². The first-order chi connectivity index (χ1) is 23.4. The van der Waals surface area contributed by atoms with Crippen molar-refractivity contribution >= 4 is 0 Å². The Bertz CT molecular complexity index is 1590. The second-order valence-corrected chi connectivity index (χ2v) is 14.5. The van der Waals surface area contributed by atoms with Crippen molar-refractivity contribution in [2.24, 2.45) is 0 Å². The highest BCUT2D eigenvalue weighted by Crippen LogP contribution is 2.36. The Hall–Kier alpha value is -4.00. The minimum Gasteiger partial charge on any atom is -0.494 e. The molecule has 6 heteroatoms. The van der Waals surface area contributed by atoms with Crippen LogP contribution < -0.4 is 18.9 Å². The van der Waals surface area contributed by atoms with Crippen LogP contribution in [0.4, 0.5) is 0 Å². The van der Waals surface area contributed by atoms with Crippen LogP contribution in [-0.4, -0.2) is 49.3 Å². The molecule has 4 aromatic carbocycles. The topological polar surface area (TPSA) is 69.7 Å². The third kappa shape index (κ3) is 9.58. The highest BCUT2D eigenvalue weighted by Gasteiger charge is 2.30. The van der Waals surface area contributed by atoms with Crippen LogP contribution in [0.15, 0.2) is 97.1 Å². The fourth-order valence-electron chi connectivity index (χ4n) is 6.04. The zero-order chi connectivity index (χ0) is 35.1. The summed E-state index contributed by atoms with van der Waals surface area (Å²) in [5.41, 5.74) is 3.88. The third-order valence-corrected chi connectivity index (χ3v) is 9.84. The van der Waals surface area contributed by atoms with Gasteiger partial charge in [0.2, 0.25) is 0 Å². The predicted molar refractivity (Wildman–Crippen MR) is 196 cm³/mol. The van der Waals surface area contributed by atoms with Gasteiger partial charge in [-0.05, 0) is 90.6 Å².